The molecule has 2 saturated heterocycles. The molecule has 6 heteroatoms. The maximum absolute atomic E-state index is 8.45. The molecule has 0 aromatic heterocycles. The first-order valence-corrected chi connectivity index (χ1v) is 5.41. The summed E-state index contributed by atoms with van der Waals surface area (Å²) in [6.07, 6.45) is 0.824. The molecule has 0 aromatic carbocycles. The second-order valence-corrected chi connectivity index (χ2v) is 5.28. The van der Waals surface area contributed by atoms with Crippen molar-refractivity contribution in [3.8, 4) is 0 Å². The third-order valence-corrected chi connectivity index (χ3v) is 3.49. The summed E-state index contributed by atoms with van der Waals surface area (Å²) < 4.78 is 0. The average molecular weight is 226 g/mol. The van der Waals surface area contributed by atoms with Gasteiger partial charge in [0.1, 0.15) is 11.5 Å². The Morgan fingerprint density at radius 2 is 2.19 bits per heavy atom. The predicted molar refractivity (Wildman–Crippen MR) is 60.4 cm³/mol. The first-order valence-electron chi connectivity index (χ1n) is 5.41. The Morgan fingerprint density at radius 1 is 1.50 bits per heavy atom. The number of hydrogen-bond donors (Lipinski definition) is 3. The predicted octanol–water partition coefficient (Wildman–Crippen LogP) is 0.861. The largest absolute Gasteiger partial charge is 0.336 e. The normalized spacial score (nSPS) is 35.4. The van der Waals surface area contributed by atoms with Crippen molar-refractivity contribution in [3.63, 3.8) is 0 Å². The van der Waals surface area contributed by atoms with Crippen LogP contribution in [0.4, 0.5) is 0 Å². The Bertz CT molecular complexity index is 353. The van der Waals surface area contributed by atoms with Gasteiger partial charge >= 0.3 is 0 Å². The van der Waals surface area contributed by atoms with Gasteiger partial charge in [0.2, 0.25) is 0 Å². The molecule has 1 unspecified atom stereocenters. The highest BCUT2D eigenvalue weighted by Gasteiger charge is 2.51. The van der Waals surface area contributed by atoms with Gasteiger partial charge in [-0.2, -0.15) is 5.26 Å². The smallest absolute Gasteiger partial charge is 0.148 e. The highest BCUT2D eigenvalue weighted by Crippen LogP contribution is 2.39. The van der Waals surface area contributed by atoms with E-state index in [-0.39, 0.29) is 11.1 Å². The van der Waals surface area contributed by atoms with Crippen LogP contribution in [0.25, 0.3) is 0 Å². The van der Waals surface area contributed by atoms with Gasteiger partial charge in [-0.25, -0.2) is 4.99 Å². The van der Waals surface area contributed by atoms with Crippen molar-refractivity contribution < 1.29 is 10.2 Å². The Hall–Kier alpha value is -1.14. The molecule has 0 spiro atoms. The minimum Gasteiger partial charge on any atom is -0.336 e. The van der Waals surface area contributed by atoms with Gasteiger partial charge in [0.05, 0.1) is 5.66 Å². The first kappa shape index (κ1) is 11.3. The molecule has 0 bridgehead atoms. The molecule has 0 aliphatic carbocycles. The van der Waals surface area contributed by atoms with Crippen LogP contribution in [0.5, 0.6) is 0 Å². The lowest BCUT2D eigenvalue weighted by Crippen LogP contribution is -2.62. The summed E-state index contributed by atoms with van der Waals surface area (Å²) in [5.74, 6) is 0.331. The van der Waals surface area contributed by atoms with Gasteiger partial charge in [0.25, 0.3) is 0 Å². The summed E-state index contributed by atoms with van der Waals surface area (Å²) in [7, 11) is 0. The van der Waals surface area contributed by atoms with E-state index in [1.54, 1.807) is 0 Å². The zero-order chi connectivity index (χ0) is 12.0. The Morgan fingerprint density at radius 3 is 2.81 bits per heavy atom. The molecular formula is C10H18N4O2. The standard InChI is InChI=1S/C10H18N4O2/c1-9(2)6-10(3)12-4-5-14(10)8(11)7(9)13-16-15/h11-12,15H,4-6H2,1-3H3/b11-8?,13-7-. The zero-order valence-corrected chi connectivity index (χ0v) is 9.87. The number of amidine groups is 1. The number of hydrogen-bond acceptors (Lipinski definition) is 5. The summed E-state index contributed by atoms with van der Waals surface area (Å²) in [6, 6.07) is 0. The maximum Gasteiger partial charge on any atom is 0.148 e. The molecule has 0 saturated carbocycles. The quantitative estimate of drug-likeness (QED) is 0.457. The van der Waals surface area contributed by atoms with Crippen molar-refractivity contribution in [2.45, 2.75) is 32.9 Å². The van der Waals surface area contributed by atoms with E-state index in [0.717, 1.165) is 19.5 Å². The molecular weight excluding hydrogens is 208 g/mol. The lowest BCUT2D eigenvalue weighted by molar-refractivity contribution is -0.243. The minimum atomic E-state index is -0.289. The molecule has 6 nitrogen and oxygen atoms in total. The zero-order valence-electron chi connectivity index (χ0n) is 9.87. The monoisotopic (exact) mass is 226 g/mol. The van der Waals surface area contributed by atoms with Crippen molar-refractivity contribution in [2.24, 2.45) is 10.6 Å². The number of nitrogens with zero attached hydrogens (tertiary/aromatic N) is 2. The molecule has 3 N–H and O–H groups in total. The van der Waals surface area contributed by atoms with Crippen molar-refractivity contribution in [2.75, 3.05) is 13.1 Å². The molecule has 1 atom stereocenters. The van der Waals surface area contributed by atoms with E-state index in [9.17, 15) is 0 Å². The van der Waals surface area contributed by atoms with E-state index in [4.69, 9.17) is 10.7 Å². The fourth-order valence-corrected chi connectivity index (χ4v) is 2.90. The second-order valence-electron chi connectivity index (χ2n) is 5.28. The summed E-state index contributed by atoms with van der Waals surface area (Å²) in [5.41, 5.74) is 0.0217. The Balaban J connectivity index is 2.39. The Labute approximate surface area is 94.7 Å². The topological polar surface area (TPSA) is 80.9 Å². The molecule has 2 fully saturated rings. The average Bonchev–Trinajstić information content (AvgIpc) is 2.53. The third-order valence-electron chi connectivity index (χ3n) is 3.49. The van der Waals surface area contributed by atoms with Crippen LogP contribution in [0.2, 0.25) is 0 Å². The fraction of sp³-hybridized carbons (Fsp3) is 0.800. The lowest BCUT2D eigenvalue weighted by atomic mass is 9.74. The second kappa shape index (κ2) is 3.43. The van der Waals surface area contributed by atoms with Gasteiger partial charge in [-0.1, -0.05) is 13.8 Å². The summed E-state index contributed by atoms with van der Waals surface area (Å²) >= 11 is 0. The molecule has 90 valence electrons. The number of oxime groups is 1. The highest BCUT2D eigenvalue weighted by molar-refractivity contribution is 6.42. The van der Waals surface area contributed by atoms with Crippen molar-refractivity contribution >= 4 is 11.5 Å². The molecule has 2 rings (SSSR count). The van der Waals surface area contributed by atoms with Gasteiger partial charge in [0.15, 0.2) is 0 Å². The van der Waals surface area contributed by atoms with Gasteiger partial charge in [-0.3, -0.25) is 10.7 Å². The lowest BCUT2D eigenvalue weighted by Gasteiger charge is -2.47. The van der Waals surface area contributed by atoms with E-state index in [1.807, 2.05) is 18.7 Å². The molecule has 2 aliphatic heterocycles. The number of nitrogens with one attached hydrogen (secondary N) is 2. The van der Waals surface area contributed by atoms with Crippen LogP contribution < -0.4 is 5.32 Å². The van der Waals surface area contributed by atoms with E-state index in [0.29, 0.717) is 11.5 Å². The van der Waals surface area contributed by atoms with Crippen molar-refractivity contribution in [1.29, 1.82) is 5.41 Å². The summed E-state index contributed by atoms with van der Waals surface area (Å²) in [5, 5.41) is 23.6. The van der Waals surface area contributed by atoms with Crippen LogP contribution in [-0.4, -0.2) is 40.5 Å². The Kier molecular flexibility index (Phi) is 2.43. The highest BCUT2D eigenvalue weighted by atomic mass is 17.2. The third kappa shape index (κ3) is 1.49. The number of piperidine rings is 1. The SMILES string of the molecule is CC1(C)CC2(C)NCCN2C(=N)/C1=N/OO. The first-order chi connectivity index (χ1) is 7.41. The van der Waals surface area contributed by atoms with E-state index < -0.39 is 0 Å². The minimum absolute atomic E-state index is 0.185. The number of rotatable bonds is 1. The molecule has 0 amide bonds. The van der Waals surface area contributed by atoms with Crippen molar-refractivity contribution in [1.82, 2.24) is 10.2 Å². The summed E-state index contributed by atoms with van der Waals surface area (Å²) in [6.45, 7) is 7.74. The number of fused-ring (bicyclic) bond motifs is 1. The molecule has 0 radical (unpaired) electrons. The summed E-state index contributed by atoms with van der Waals surface area (Å²) in [4.78, 5) is 5.84. The van der Waals surface area contributed by atoms with Gasteiger partial charge in [-0.15, -0.1) is 0 Å². The molecule has 0 aromatic rings. The fourth-order valence-electron chi connectivity index (χ4n) is 2.90. The van der Waals surface area contributed by atoms with E-state index >= 15 is 0 Å². The van der Waals surface area contributed by atoms with E-state index in [1.165, 1.54) is 0 Å². The van der Waals surface area contributed by atoms with Crippen LogP contribution >= 0.6 is 0 Å². The van der Waals surface area contributed by atoms with Gasteiger partial charge in [0, 0.05) is 18.5 Å². The van der Waals surface area contributed by atoms with Crippen LogP contribution in [-0.2, 0) is 4.99 Å². The molecule has 16 heavy (non-hydrogen) atoms. The van der Waals surface area contributed by atoms with Gasteiger partial charge < -0.3 is 4.90 Å². The maximum atomic E-state index is 8.45. The van der Waals surface area contributed by atoms with Crippen LogP contribution in [0, 0.1) is 10.8 Å². The van der Waals surface area contributed by atoms with Crippen molar-refractivity contribution in [3.05, 3.63) is 0 Å². The van der Waals surface area contributed by atoms with Gasteiger partial charge in [-0.05, 0) is 18.5 Å². The van der Waals surface area contributed by atoms with E-state index in [2.05, 4.69) is 22.4 Å². The van der Waals surface area contributed by atoms with Crippen LogP contribution in [0.15, 0.2) is 5.16 Å². The molecule has 2 aliphatic rings. The molecule has 2 heterocycles. The van der Waals surface area contributed by atoms with Crippen LogP contribution in [0.1, 0.15) is 27.2 Å². The van der Waals surface area contributed by atoms with Crippen LogP contribution in [0.3, 0.4) is 0 Å².